The molecule has 4 nitrogen and oxygen atoms in total. The average molecular weight is 196 g/mol. The van der Waals surface area contributed by atoms with Crippen LogP contribution in [0.1, 0.15) is 17.0 Å². The molecular weight excluding hydrogens is 188 g/mol. The normalized spacial score (nSPS) is 9.53. The summed E-state index contributed by atoms with van der Waals surface area (Å²) >= 11 is 0. The first-order valence-corrected chi connectivity index (χ1v) is 4.37. The summed E-state index contributed by atoms with van der Waals surface area (Å²) in [6, 6.07) is 9.37. The van der Waals surface area contributed by atoms with E-state index in [0.29, 0.717) is 17.0 Å². The number of hydrogen-bond acceptors (Lipinski definition) is 3. The first-order chi connectivity index (χ1) is 7.33. The van der Waals surface area contributed by atoms with E-state index in [1.807, 2.05) is 18.2 Å². The standard InChI is InChI=1S/C11H8N4/c1-8(11-13-7-14-15-11)10-5-3-2-4-9(10)6-12/h2-5,7H,1H2,(H,13,14,15). The van der Waals surface area contributed by atoms with Crippen molar-refractivity contribution in [1.82, 2.24) is 15.2 Å². The Labute approximate surface area is 86.9 Å². The fourth-order valence-corrected chi connectivity index (χ4v) is 1.32. The Morgan fingerprint density at radius 1 is 1.40 bits per heavy atom. The van der Waals surface area contributed by atoms with Gasteiger partial charge in [0.1, 0.15) is 6.33 Å². The minimum Gasteiger partial charge on any atom is -0.259 e. The lowest BCUT2D eigenvalue weighted by Crippen LogP contribution is -1.92. The van der Waals surface area contributed by atoms with Gasteiger partial charge in [-0.15, -0.1) is 0 Å². The summed E-state index contributed by atoms with van der Waals surface area (Å²) in [6.07, 6.45) is 1.41. The molecule has 2 aromatic rings. The predicted octanol–water partition coefficient (Wildman–Crippen LogP) is 1.74. The van der Waals surface area contributed by atoms with Gasteiger partial charge in [-0.2, -0.15) is 10.4 Å². The highest BCUT2D eigenvalue weighted by Gasteiger charge is 2.08. The summed E-state index contributed by atoms with van der Waals surface area (Å²) in [6.45, 7) is 3.89. The molecule has 0 bridgehead atoms. The Morgan fingerprint density at radius 2 is 2.20 bits per heavy atom. The lowest BCUT2D eigenvalue weighted by atomic mass is 10.0. The van der Waals surface area contributed by atoms with Gasteiger partial charge in [0.2, 0.25) is 0 Å². The molecule has 1 aromatic heterocycles. The van der Waals surface area contributed by atoms with Crippen LogP contribution < -0.4 is 0 Å². The predicted molar refractivity (Wildman–Crippen MR) is 55.7 cm³/mol. The van der Waals surface area contributed by atoms with Crippen molar-refractivity contribution in [2.75, 3.05) is 0 Å². The van der Waals surface area contributed by atoms with E-state index in [9.17, 15) is 0 Å². The zero-order chi connectivity index (χ0) is 10.7. The zero-order valence-corrected chi connectivity index (χ0v) is 7.94. The van der Waals surface area contributed by atoms with E-state index in [4.69, 9.17) is 5.26 Å². The summed E-state index contributed by atoms with van der Waals surface area (Å²) in [5, 5.41) is 15.4. The Balaban J connectivity index is 2.47. The molecule has 4 heteroatoms. The van der Waals surface area contributed by atoms with E-state index in [0.717, 1.165) is 5.56 Å². The molecule has 1 heterocycles. The number of nitrogens with one attached hydrogen (secondary N) is 1. The van der Waals surface area contributed by atoms with Gasteiger partial charge in [-0.05, 0) is 6.07 Å². The van der Waals surface area contributed by atoms with Crippen LogP contribution in [0.5, 0.6) is 0 Å². The first kappa shape index (κ1) is 9.16. The maximum atomic E-state index is 8.93. The summed E-state index contributed by atoms with van der Waals surface area (Å²) in [4.78, 5) is 3.99. The highest BCUT2D eigenvalue weighted by atomic mass is 15.2. The summed E-state index contributed by atoms with van der Waals surface area (Å²) in [7, 11) is 0. The maximum Gasteiger partial charge on any atom is 0.155 e. The van der Waals surface area contributed by atoms with Crippen molar-refractivity contribution in [2.45, 2.75) is 0 Å². The SMILES string of the molecule is C=C(c1ncn[nH]1)c1ccccc1C#N. The van der Waals surface area contributed by atoms with E-state index >= 15 is 0 Å². The van der Waals surface area contributed by atoms with Gasteiger partial charge in [0.25, 0.3) is 0 Å². The van der Waals surface area contributed by atoms with Crippen molar-refractivity contribution >= 4 is 5.57 Å². The molecule has 0 fully saturated rings. The smallest absolute Gasteiger partial charge is 0.155 e. The third-order valence-electron chi connectivity index (χ3n) is 2.07. The zero-order valence-electron chi connectivity index (χ0n) is 7.94. The van der Waals surface area contributed by atoms with E-state index in [2.05, 4.69) is 27.8 Å². The summed E-state index contributed by atoms with van der Waals surface area (Å²) < 4.78 is 0. The van der Waals surface area contributed by atoms with Crippen molar-refractivity contribution in [3.63, 3.8) is 0 Å². The maximum absolute atomic E-state index is 8.93. The monoisotopic (exact) mass is 196 g/mol. The van der Waals surface area contributed by atoms with Gasteiger partial charge >= 0.3 is 0 Å². The highest BCUT2D eigenvalue weighted by Crippen LogP contribution is 2.20. The molecule has 0 amide bonds. The molecular formula is C11H8N4. The molecule has 0 aliphatic heterocycles. The van der Waals surface area contributed by atoms with Crippen molar-refractivity contribution in [2.24, 2.45) is 0 Å². The van der Waals surface area contributed by atoms with Gasteiger partial charge in [-0.1, -0.05) is 24.8 Å². The van der Waals surface area contributed by atoms with Crippen molar-refractivity contribution in [3.8, 4) is 6.07 Å². The Bertz CT molecular complexity index is 520. The van der Waals surface area contributed by atoms with Gasteiger partial charge in [0.05, 0.1) is 11.6 Å². The number of aromatic nitrogens is 3. The van der Waals surface area contributed by atoms with Crippen LogP contribution in [0.3, 0.4) is 0 Å². The molecule has 0 saturated heterocycles. The molecule has 0 spiro atoms. The van der Waals surface area contributed by atoms with Crippen molar-refractivity contribution in [1.29, 1.82) is 5.26 Å². The van der Waals surface area contributed by atoms with E-state index in [1.165, 1.54) is 6.33 Å². The van der Waals surface area contributed by atoms with Gasteiger partial charge in [-0.25, -0.2) is 4.98 Å². The summed E-state index contributed by atoms with van der Waals surface area (Å²) in [5.74, 6) is 0.581. The van der Waals surface area contributed by atoms with Crippen LogP contribution in [0, 0.1) is 11.3 Å². The summed E-state index contributed by atoms with van der Waals surface area (Å²) in [5.41, 5.74) is 2.03. The number of aromatic amines is 1. The molecule has 15 heavy (non-hydrogen) atoms. The van der Waals surface area contributed by atoms with Crippen LogP contribution in [-0.2, 0) is 0 Å². The third kappa shape index (κ3) is 1.63. The minimum atomic E-state index is 0.581. The van der Waals surface area contributed by atoms with Crippen LogP contribution in [0.25, 0.3) is 5.57 Å². The van der Waals surface area contributed by atoms with Gasteiger partial charge in [0, 0.05) is 11.1 Å². The minimum absolute atomic E-state index is 0.581. The molecule has 0 radical (unpaired) electrons. The van der Waals surface area contributed by atoms with Crippen LogP contribution in [0.15, 0.2) is 37.2 Å². The second kappa shape index (κ2) is 3.76. The number of H-pyrrole nitrogens is 1. The quantitative estimate of drug-likeness (QED) is 0.795. The number of rotatable bonds is 2. The first-order valence-electron chi connectivity index (χ1n) is 4.37. The second-order valence-electron chi connectivity index (χ2n) is 2.97. The topological polar surface area (TPSA) is 65.4 Å². The molecule has 1 aromatic carbocycles. The third-order valence-corrected chi connectivity index (χ3v) is 2.07. The van der Waals surface area contributed by atoms with Crippen molar-refractivity contribution in [3.05, 3.63) is 54.1 Å². The Hall–Kier alpha value is -2.41. The van der Waals surface area contributed by atoms with Gasteiger partial charge in [0.15, 0.2) is 5.82 Å². The second-order valence-corrected chi connectivity index (χ2v) is 2.97. The fraction of sp³-hybridized carbons (Fsp3) is 0. The number of benzene rings is 1. The molecule has 0 aliphatic carbocycles. The van der Waals surface area contributed by atoms with Gasteiger partial charge < -0.3 is 0 Å². The Morgan fingerprint density at radius 3 is 2.87 bits per heavy atom. The lowest BCUT2D eigenvalue weighted by molar-refractivity contribution is 1.07. The Kier molecular flexibility index (Phi) is 2.30. The number of nitriles is 1. The molecule has 72 valence electrons. The van der Waals surface area contributed by atoms with E-state index in [-0.39, 0.29) is 0 Å². The number of nitrogens with zero attached hydrogens (tertiary/aromatic N) is 3. The largest absolute Gasteiger partial charge is 0.259 e. The lowest BCUT2D eigenvalue weighted by Gasteiger charge is -2.03. The van der Waals surface area contributed by atoms with Crippen LogP contribution >= 0.6 is 0 Å². The highest BCUT2D eigenvalue weighted by molar-refractivity contribution is 5.77. The average Bonchev–Trinajstić information content (AvgIpc) is 2.81. The van der Waals surface area contributed by atoms with E-state index in [1.54, 1.807) is 6.07 Å². The van der Waals surface area contributed by atoms with Gasteiger partial charge in [-0.3, -0.25) is 5.10 Å². The molecule has 2 rings (SSSR count). The van der Waals surface area contributed by atoms with Crippen molar-refractivity contribution < 1.29 is 0 Å². The number of hydrogen-bond donors (Lipinski definition) is 1. The molecule has 1 N–H and O–H groups in total. The molecule has 0 unspecified atom stereocenters. The molecule has 0 atom stereocenters. The van der Waals surface area contributed by atoms with Crippen LogP contribution in [0.2, 0.25) is 0 Å². The van der Waals surface area contributed by atoms with E-state index < -0.39 is 0 Å². The fourth-order valence-electron chi connectivity index (χ4n) is 1.32. The molecule has 0 aliphatic rings. The van der Waals surface area contributed by atoms with Crippen LogP contribution in [-0.4, -0.2) is 15.2 Å². The molecule has 0 saturated carbocycles. The van der Waals surface area contributed by atoms with Crippen LogP contribution in [0.4, 0.5) is 0 Å².